The highest BCUT2D eigenvalue weighted by molar-refractivity contribution is 5.86. The van der Waals surface area contributed by atoms with E-state index in [0.717, 1.165) is 6.07 Å². The first-order chi connectivity index (χ1) is 11.5. The molecular weight excluding hydrogens is 316 g/mol. The number of ether oxygens (including phenoxy) is 1. The van der Waals surface area contributed by atoms with Gasteiger partial charge in [-0.25, -0.2) is 4.79 Å². The number of aliphatic imine (C=N–C) groups is 1. The molecule has 0 saturated heterocycles. The highest BCUT2D eigenvalue weighted by Crippen LogP contribution is 2.34. The Balaban J connectivity index is 1.99. The summed E-state index contributed by atoms with van der Waals surface area (Å²) >= 11 is 0. The Kier molecular flexibility index (Phi) is 3.74. The van der Waals surface area contributed by atoms with E-state index in [4.69, 9.17) is 4.74 Å². The maximum atomic E-state index is 11.8. The summed E-state index contributed by atoms with van der Waals surface area (Å²) in [6.45, 7) is 0. The Bertz CT molecular complexity index is 1020. The Morgan fingerprint density at radius 3 is 2.67 bits per heavy atom. The number of nitrogens with one attached hydrogen (secondary N) is 2. The van der Waals surface area contributed by atoms with E-state index < -0.39 is 16.4 Å². The molecule has 0 unspecified atom stereocenters. The first-order valence-corrected chi connectivity index (χ1v) is 6.77. The van der Waals surface area contributed by atoms with Gasteiger partial charge in [0.05, 0.1) is 28.8 Å². The van der Waals surface area contributed by atoms with Crippen LogP contribution in [0.2, 0.25) is 0 Å². The SMILES string of the molecule is COc1cc(C=Nc2ccc3[nH]c(=O)[nH]c3c2)cc([N+](=O)[O-])c1[O-]. The lowest BCUT2D eigenvalue weighted by Crippen LogP contribution is -2.02. The largest absolute Gasteiger partial charge is 0.865 e. The number of fused-ring (bicyclic) bond motifs is 1. The van der Waals surface area contributed by atoms with E-state index >= 15 is 0 Å². The molecule has 0 aliphatic carbocycles. The molecule has 1 heterocycles. The van der Waals surface area contributed by atoms with Crippen molar-refractivity contribution in [2.75, 3.05) is 7.11 Å². The van der Waals surface area contributed by atoms with Crippen LogP contribution in [0.3, 0.4) is 0 Å². The molecule has 0 aliphatic heterocycles. The molecule has 0 saturated carbocycles. The lowest BCUT2D eigenvalue weighted by Gasteiger charge is -2.12. The number of aromatic nitrogens is 2. The molecule has 2 N–H and O–H groups in total. The number of nitrogens with zero attached hydrogens (tertiary/aromatic N) is 2. The molecule has 24 heavy (non-hydrogen) atoms. The summed E-state index contributed by atoms with van der Waals surface area (Å²) in [6.07, 6.45) is 1.38. The summed E-state index contributed by atoms with van der Waals surface area (Å²) in [6, 6.07) is 7.51. The molecule has 9 heteroatoms. The fraction of sp³-hybridized carbons (Fsp3) is 0.0667. The lowest BCUT2D eigenvalue weighted by molar-refractivity contribution is -0.398. The maximum Gasteiger partial charge on any atom is 0.323 e. The van der Waals surface area contributed by atoms with Crippen molar-refractivity contribution in [2.45, 2.75) is 0 Å². The van der Waals surface area contributed by atoms with Gasteiger partial charge in [-0.3, -0.25) is 15.1 Å². The minimum Gasteiger partial charge on any atom is -0.865 e. The Morgan fingerprint density at radius 2 is 1.96 bits per heavy atom. The molecule has 3 rings (SSSR count). The summed E-state index contributed by atoms with van der Waals surface area (Å²) in [5, 5.41) is 22.7. The third kappa shape index (κ3) is 2.82. The van der Waals surface area contributed by atoms with E-state index in [1.54, 1.807) is 18.2 Å². The van der Waals surface area contributed by atoms with E-state index in [0.29, 0.717) is 22.3 Å². The van der Waals surface area contributed by atoms with Gasteiger partial charge in [-0.05, 0) is 24.3 Å². The van der Waals surface area contributed by atoms with Crippen LogP contribution in [0.1, 0.15) is 5.56 Å². The molecule has 9 nitrogen and oxygen atoms in total. The highest BCUT2D eigenvalue weighted by atomic mass is 16.6. The number of aromatic amines is 2. The zero-order valence-electron chi connectivity index (χ0n) is 12.4. The fourth-order valence-corrected chi connectivity index (χ4v) is 2.22. The predicted octanol–water partition coefficient (Wildman–Crippen LogP) is 1.60. The van der Waals surface area contributed by atoms with Crippen LogP contribution in [0.5, 0.6) is 11.5 Å². The summed E-state index contributed by atoms with van der Waals surface area (Å²) in [7, 11) is 1.26. The number of imidazole rings is 1. The first kappa shape index (κ1) is 15.3. The van der Waals surface area contributed by atoms with Crippen molar-refractivity contribution in [3.05, 3.63) is 56.5 Å². The molecule has 0 spiro atoms. The summed E-state index contributed by atoms with van der Waals surface area (Å²) in [5.41, 5.74) is 1.21. The molecule has 1 aromatic heterocycles. The number of hydrogen-bond donors (Lipinski definition) is 2. The van der Waals surface area contributed by atoms with Crippen molar-refractivity contribution in [2.24, 2.45) is 4.99 Å². The molecule has 0 radical (unpaired) electrons. The van der Waals surface area contributed by atoms with Crippen LogP contribution in [0.25, 0.3) is 11.0 Å². The first-order valence-electron chi connectivity index (χ1n) is 6.77. The van der Waals surface area contributed by atoms with E-state index in [2.05, 4.69) is 15.0 Å². The van der Waals surface area contributed by atoms with Crippen LogP contribution in [-0.2, 0) is 0 Å². The number of methoxy groups -OCH3 is 1. The second-order valence-electron chi connectivity index (χ2n) is 4.90. The van der Waals surface area contributed by atoms with Crippen LogP contribution in [0, 0.1) is 10.1 Å². The molecule has 0 fully saturated rings. The Hall–Kier alpha value is -3.62. The quantitative estimate of drug-likeness (QED) is 0.426. The maximum absolute atomic E-state index is 11.8. The number of benzene rings is 2. The number of hydrogen-bond acceptors (Lipinski definition) is 6. The zero-order valence-corrected chi connectivity index (χ0v) is 12.4. The second kappa shape index (κ2) is 5.88. The molecule has 2 aromatic carbocycles. The number of H-pyrrole nitrogens is 2. The average Bonchev–Trinajstić information content (AvgIpc) is 2.92. The van der Waals surface area contributed by atoms with Crippen LogP contribution < -0.4 is 15.5 Å². The molecular formula is C15H11N4O5-. The van der Waals surface area contributed by atoms with Crippen LogP contribution >= 0.6 is 0 Å². The van der Waals surface area contributed by atoms with Gasteiger partial charge in [-0.15, -0.1) is 0 Å². The van der Waals surface area contributed by atoms with E-state index in [1.165, 1.54) is 19.4 Å². The molecule has 0 bridgehead atoms. The zero-order chi connectivity index (χ0) is 17.3. The molecule has 122 valence electrons. The Labute approximate surface area is 134 Å². The van der Waals surface area contributed by atoms with Crippen molar-refractivity contribution in [3.63, 3.8) is 0 Å². The van der Waals surface area contributed by atoms with Crippen LogP contribution in [-0.4, -0.2) is 28.2 Å². The van der Waals surface area contributed by atoms with Crippen LogP contribution in [0.4, 0.5) is 11.4 Å². The van der Waals surface area contributed by atoms with E-state index in [-0.39, 0.29) is 11.4 Å². The molecule has 0 aliphatic rings. The number of rotatable bonds is 4. The van der Waals surface area contributed by atoms with Gasteiger partial charge in [0.2, 0.25) is 0 Å². The third-order valence-corrected chi connectivity index (χ3v) is 3.34. The van der Waals surface area contributed by atoms with Gasteiger partial charge in [0.15, 0.2) is 0 Å². The minimum absolute atomic E-state index is 0.129. The molecule has 0 amide bonds. The summed E-state index contributed by atoms with van der Waals surface area (Å²) < 4.78 is 4.87. The van der Waals surface area contributed by atoms with Gasteiger partial charge < -0.3 is 19.8 Å². The van der Waals surface area contributed by atoms with Gasteiger partial charge in [-0.2, -0.15) is 0 Å². The molecule has 3 aromatic rings. The normalized spacial score (nSPS) is 11.2. The van der Waals surface area contributed by atoms with Gasteiger partial charge in [0.1, 0.15) is 5.75 Å². The van der Waals surface area contributed by atoms with Gasteiger partial charge >= 0.3 is 5.69 Å². The highest BCUT2D eigenvalue weighted by Gasteiger charge is 2.12. The van der Waals surface area contributed by atoms with Gasteiger partial charge in [-0.1, -0.05) is 0 Å². The standard InChI is InChI=1S/C15H12N4O5/c1-24-13-5-8(4-12(14(13)20)19(22)23)7-16-9-2-3-10-11(6-9)18-15(21)17-10/h2-7,20H,1H3,(H2,17,18,21)/p-1. The monoisotopic (exact) mass is 327 g/mol. The van der Waals surface area contributed by atoms with Crippen molar-refractivity contribution in [1.29, 1.82) is 0 Å². The topological polar surface area (TPSA) is 136 Å². The number of nitro benzene ring substituents is 1. The van der Waals surface area contributed by atoms with Crippen molar-refractivity contribution in [3.8, 4) is 11.5 Å². The Morgan fingerprint density at radius 1 is 1.21 bits per heavy atom. The van der Waals surface area contributed by atoms with E-state index in [9.17, 15) is 20.0 Å². The smallest absolute Gasteiger partial charge is 0.323 e. The predicted molar refractivity (Wildman–Crippen MR) is 85.3 cm³/mol. The minimum atomic E-state index is -0.786. The fourth-order valence-electron chi connectivity index (χ4n) is 2.22. The second-order valence-corrected chi connectivity index (χ2v) is 4.90. The number of nitro groups is 1. The lowest BCUT2D eigenvalue weighted by atomic mass is 10.2. The van der Waals surface area contributed by atoms with Crippen molar-refractivity contribution < 1.29 is 14.8 Å². The summed E-state index contributed by atoms with van der Waals surface area (Å²) in [4.78, 5) is 30.8. The van der Waals surface area contributed by atoms with Crippen molar-refractivity contribution in [1.82, 2.24) is 9.97 Å². The third-order valence-electron chi connectivity index (χ3n) is 3.34. The van der Waals surface area contributed by atoms with Gasteiger partial charge in [0.25, 0.3) is 5.69 Å². The summed E-state index contributed by atoms with van der Waals surface area (Å²) in [5.74, 6) is -0.915. The van der Waals surface area contributed by atoms with Gasteiger partial charge in [0, 0.05) is 23.6 Å². The average molecular weight is 327 g/mol. The molecule has 0 atom stereocenters. The van der Waals surface area contributed by atoms with E-state index in [1.807, 2.05) is 0 Å². The van der Waals surface area contributed by atoms with Crippen molar-refractivity contribution >= 4 is 28.6 Å². The van der Waals surface area contributed by atoms with Crippen LogP contribution in [0.15, 0.2) is 40.1 Å².